The Morgan fingerprint density at radius 3 is 2.92 bits per heavy atom. The molecule has 1 saturated heterocycles. The van der Waals surface area contributed by atoms with Crippen LogP contribution in [0.25, 0.3) is 9.88 Å². The van der Waals surface area contributed by atoms with Crippen LogP contribution in [0.2, 0.25) is 4.34 Å². The van der Waals surface area contributed by atoms with Crippen LogP contribution >= 0.6 is 34.3 Å². The van der Waals surface area contributed by atoms with Gasteiger partial charge in [-0.2, -0.15) is 0 Å². The molecule has 1 aliphatic rings. The van der Waals surface area contributed by atoms with Gasteiger partial charge in [0.25, 0.3) is 0 Å². The lowest BCUT2D eigenvalue weighted by atomic mass is 10.2. The van der Waals surface area contributed by atoms with Crippen molar-refractivity contribution in [2.75, 3.05) is 13.1 Å². The molecule has 1 aliphatic heterocycles. The number of rotatable bonds is 4. The third-order valence-corrected chi connectivity index (χ3v) is 5.85. The van der Waals surface area contributed by atoms with Crippen molar-refractivity contribution in [2.45, 2.75) is 25.6 Å². The Hall–Kier alpha value is -1.48. The molecular weight excluding hydrogens is 372 g/mol. The number of morpholine rings is 1. The molecule has 0 radical (unpaired) electrons. The number of hydrogen-bond acceptors (Lipinski definition) is 6. The monoisotopic (exact) mass is 386 g/mol. The van der Waals surface area contributed by atoms with E-state index in [9.17, 15) is 9.59 Å². The highest BCUT2D eigenvalue weighted by Gasteiger charge is 2.32. The van der Waals surface area contributed by atoms with Gasteiger partial charge in [-0.05, 0) is 19.1 Å². The fraction of sp³-hybridized carbons (Fsp3) is 0.400. The number of ether oxygens (including phenoxy) is 1. The highest BCUT2D eigenvalue weighted by atomic mass is 35.5. The Balaban J connectivity index is 1.66. The van der Waals surface area contributed by atoms with Crippen molar-refractivity contribution in [2.24, 2.45) is 0 Å². The Kier molecular flexibility index (Phi) is 5.19. The van der Waals surface area contributed by atoms with Gasteiger partial charge in [-0.3, -0.25) is 4.79 Å². The van der Waals surface area contributed by atoms with Crippen molar-refractivity contribution >= 4 is 46.2 Å². The number of amides is 1. The van der Waals surface area contributed by atoms with Crippen molar-refractivity contribution < 1.29 is 19.4 Å². The number of nitrogens with zero attached hydrogens (tertiary/aromatic N) is 2. The van der Waals surface area contributed by atoms with E-state index in [0.29, 0.717) is 16.6 Å². The Morgan fingerprint density at radius 1 is 1.46 bits per heavy atom. The van der Waals surface area contributed by atoms with Crippen molar-refractivity contribution in [3.8, 4) is 9.88 Å². The van der Waals surface area contributed by atoms with Crippen molar-refractivity contribution in [3.63, 3.8) is 0 Å². The molecule has 3 rings (SSSR count). The summed E-state index contributed by atoms with van der Waals surface area (Å²) in [6, 6.07) is 3.72. The summed E-state index contributed by atoms with van der Waals surface area (Å²) in [6.45, 7) is 2.22. The second-order valence-electron chi connectivity index (χ2n) is 5.50. The number of thiazole rings is 1. The topological polar surface area (TPSA) is 79.7 Å². The minimum absolute atomic E-state index is 0.0655. The summed E-state index contributed by atoms with van der Waals surface area (Å²) in [4.78, 5) is 30.5. The second kappa shape index (κ2) is 7.18. The molecule has 24 heavy (non-hydrogen) atoms. The van der Waals surface area contributed by atoms with E-state index in [2.05, 4.69) is 4.98 Å². The number of aliphatic carboxylic acids is 1. The smallest absolute Gasteiger partial charge is 0.334 e. The average molecular weight is 387 g/mol. The third-order valence-electron chi connectivity index (χ3n) is 3.56. The predicted molar refractivity (Wildman–Crippen MR) is 92.7 cm³/mol. The molecule has 1 fully saturated rings. The molecule has 1 amide bonds. The van der Waals surface area contributed by atoms with E-state index in [0.717, 1.165) is 9.88 Å². The second-order valence-corrected chi connectivity index (χ2v) is 8.07. The van der Waals surface area contributed by atoms with E-state index < -0.39 is 12.1 Å². The highest BCUT2D eigenvalue weighted by Crippen LogP contribution is 2.33. The highest BCUT2D eigenvalue weighted by molar-refractivity contribution is 7.23. The van der Waals surface area contributed by atoms with Crippen LogP contribution in [0.1, 0.15) is 12.6 Å². The molecule has 0 bridgehead atoms. The maximum absolute atomic E-state index is 12.5. The minimum atomic E-state index is -1.05. The molecule has 6 nitrogen and oxygen atoms in total. The van der Waals surface area contributed by atoms with E-state index in [4.69, 9.17) is 21.4 Å². The summed E-state index contributed by atoms with van der Waals surface area (Å²) in [5, 5.41) is 11.8. The molecule has 2 aromatic heterocycles. The van der Waals surface area contributed by atoms with Gasteiger partial charge in [-0.15, -0.1) is 22.7 Å². The van der Waals surface area contributed by atoms with Crippen LogP contribution in [0.3, 0.4) is 0 Å². The van der Waals surface area contributed by atoms with Gasteiger partial charge in [0.2, 0.25) is 5.91 Å². The Bertz CT molecular complexity index is 760. The largest absolute Gasteiger partial charge is 0.479 e. The molecule has 128 valence electrons. The van der Waals surface area contributed by atoms with E-state index in [1.807, 2.05) is 17.5 Å². The molecule has 0 aromatic carbocycles. The zero-order valence-corrected chi connectivity index (χ0v) is 15.2. The van der Waals surface area contributed by atoms with Gasteiger partial charge in [-0.25, -0.2) is 9.78 Å². The van der Waals surface area contributed by atoms with Gasteiger partial charge in [0.1, 0.15) is 5.01 Å². The summed E-state index contributed by atoms with van der Waals surface area (Å²) < 4.78 is 6.02. The number of carboxylic acid groups (broad SMARTS) is 1. The first-order valence-corrected chi connectivity index (χ1v) is 9.36. The lowest BCUT2D eigenvalue weighted by molar-refractivity contribution is -0.166. The molecule has 2 atom stereocenters. The molecule has 0 saturated carbocycles. The lowest BCUT2D eigenvalue weighted by Crippen LogP contribution is -2.52. The van der Waals surface area contributed by atoms with E-state index in [1.165, 1.54) is 27.6 Å². The van der Waals surface area contributed by atoms with E-state index >= 15 is 0 Å². The van der Waals surface area contributed by atoms with E-state index in [1.54, 1.807) is 6.92 Å². The zero-order valence-electron chi connectivity index (χ0n) is 12.8. The van der Waals surface area contributed by atoms with Crippen LogP contribution in [0.5, 0.6) is 0 Å². The molecule has 3 heterocycles. The number of carboxylic acids is 1. The average Bonchev–Trinajstić information content (AvgIpc) is 3.15. The number of thiophene rings is 1. The summed E-state index contributed by atoms with van der Waals surface area (Å²) in [5.74, 6) is -1.19. The number of halogens is 1. The fourth-order valence-electron chi connectivity index (χ4n) is 2.49. The van der Waals surface area contributed by atoms with Gasteiger partial charge in [0.05, 0.1) is 34.0 Å². The number of carbonyl (C=O) groups excluding carboxylic acids is 1. The van der Waals surface area contributed by atoms with Gasteiger partial charge >= 0.3 is 5.97 Å². The zero-order chi connectivity index (χ0) is 17.3. The Labute approximate surface area is 151 Å². The molecule has 1 unspecified atom stereocenters. The maximum atomic E-state index is 12.5. The van der Waals surface area contributed by atoms with Crippen LogP contribution in [0, 0.1) is 0 Å². The standard InChI is InChI=1S/C15H15ClN2O4S2/c1-8-5-18(6-10(22-8)15(20)21)13(19)4-9-7-23-14(17-9)11-2-3-12(16)24-11/h2-3,7-8,10H,4-6H2,1H3,(H,20,21)/t8-,10?/m1/s1. The minimum Gasteiger partial charge on any atom is -0.479 e. The third kappa shape index (κ3) is 3.94. The van der Waals surface area contributed by atoms with Gasteiger partial charge in [-0.1, -0.05) is 11.6 Å². The van der Waals surface area contributed by atoms with Crippen LogP contribution in [0.15, 0.2) is 17.5 Å². The SMILES string of the molecule is C[C@@H]1CN(C(=O)Cc2csc(-c3ccc(Cl)s3)n2)CC(C(=O)O)O1. The molecule has 0 spiro atoms. The summed E-state index contributed by atoms with van der Waals surface area (Å²) in [7, 11) is 0. The molecule has 2 aromatic rings. The summed E-state index contributed by atoms with van der Waals surface area (Å²) in [6.07, 6.45) is -1.13. The first-order chi connectivity index (χ1) is 11.4. The summed E-state index contributed by atoms with van der Waals surface area (Å²) in [5.41, 5.74) is 0.676. The van der Waals surface area contributed by atoms with Crippen LogP contribution < -0.4 is 0 Å². The lowest BCUT2D eigenvalue weighted by Gasteiger charge is -2.34. The van der Waals surface area contributed by atoms with Crippen LogP contribution in [-0.4, -0.2) is 52.2 Å². The van der Waals surface area contributed by atoms with Crippen molar-refractivity contribution in [1.29, 1.82) is 0 Å². The first kappa shape index (κ1) is 17.3. The van der Waals surface area contributed by atoms with Crippen molar-refractivity contribution in [1.82, 2.24) is 9.88 Å². The first-order valence-electron chi connectivity index (χ1n) is 7.28. The Morgan fingerprint density at radius 2 is 2.25 bits per heavy atom. The van der Waals surface area contributed by atoms with Crippen molar-refractivity contribution in [3.05, 3.63) is 27.5 Å². The van der Waals surface area contributed by atoms with Crippen LogP contribution in [-0.2, 0) is 20.7 Å². The van der Waals surface area contributed by atoms with Crippen LogP contribution in [0.4, 0.5) is 0 Å². The fourth-order valence-corrected chi connectivity index (χ4v) is 4.42. The predicted octanol–water partition coefficient (Wildman–Crippen LogP) is 2.77. The summed E-state index contributed by atoms with van der Waals surface area (Å²) >= 11 is 8.83. The van der Waals surface area contributed by atoms with E-state index in [-0.39, 0.29) is 25.0 Å². The van der Waals surface area contributed by atoms with Gasteiger partial charge < -0.3 is 14.7 Å². The molecular formula is C15H15ClN2O4S2. The number of carbonyl (C=O) groups is 2. The van der Waals surface area contributed by atoms with Gasteiger partial charge in [0, 0.05) is 11.9 Å². The normalized spacial score (nSPS) is 21.0. The molecule has 1 N–H and O–H groups in total. The molecule has 0 aliphatic carbocycles. The number of hydrogen-bond donors (Lipinski definition) is 1. The molecule has 9 heteroatoms. The maximum Gasteiger partial charge on any atom is 0.334 e. The quantitative estimate of drug-likeness (QED) is 0.873. The number of aromatic nitrogens is 1. The van der Waals surface area contributed by atoms with Gasteiger partial charge in [0.15, 0.2) is 6.10 Å².